The van der Waals surface area contributed by atoms with Crippen LogP contribution in [0, 0.1) is 13.8 Å². The van der Waals surface area contributed by atoms with Gasteiger partial charge in [-0.2, -0.15) is 5.10 Å². The SMILES string of the molecule is CCc1nc2ccccc2n1C1CCN(c2ccc(-n3nc(C)cc3C)nn2)CC1. The Morgan fingerprint density at radius 2 is 1.70 bits per heavy atom. The largest absolute Gasteiger partial charge is 0.355 e. The topological polar surface area (TPSA) is 64.7 Å². The highest BCUT2D eigenvalue weighted by Crippen LogP contribution is 2.30. The highest BCUT2D eigenvalue weighted by molar-refractivity contribution is 5.76. The number of benzene rings is 1. The molecule has 0 bridgehead atoms. The number of hydrogen-bond donors (Lipinski definition) is 0. The molecular weight excluding hydrogens is 374 g/mol. The van der Waals surface area contributed by atoms with Gasteiger partial charge in [0.15, 0.2) is 11.6 Å². The lowest BCUT2D eigenvalue weighted by Crippen LogP contribution is -2.35. The molecule has 1 aliphatic heterocycles. The second-order valence-corrected chi connectivity index (χ2v) is 8.05. The molecule has 0 aliphatic carbocycles. The summed E-state index contributed by atoms with van der Waals surface area (Å²) in [4.78, 5) is 7.18. The Balaban J connectivity index is 1.32. The van der Waals surface area contributed by atoms with Gasteiger partial charge < -0.3 is 9.47 Å². The van der Waals surface area contributed by atoms with Crippen LogP contribution in [0.3, 0.4) is 0 Å². The van der Waals surface area contributed by atoms with Gasteiger partial charge in [0.25, 0.3) is 0 Å². The number of aromatic nitrogens is 6. The Hall–Kier alpha value is -3.22. The Bertz CT molecular complexity index is 1160. The van der Waals surface area contributed by atoms with Crippen LogP contribution in [0.4, 0.5) is 5.82 Å². The molecule has 4 heterocycles. The predicted octanol–water partition coefficient (Wildman–Crippen LogP) is 4.03. The van der Waals surface area contributed by atoms with Crippen molar-refractivity contribution in [3.63, 3.8) is 0 Å². The third-order valence-electron chi connectivity index (χ3n) is 6.00. The monoisotopic (exact) mass is 401 g/mol. The normalized spacial score (nSPS) is 15.2. The number of aryl methyl sites for hydroxylation is 3. The molecule has 3 aromatic heterocycles. The second kappa shape index (κ2) is 7.55. The van der Waals surface area contributed by atoms with Crippen LogP contribution in [0.1, 0.15) is 43.0 Å². The molecule has 0 N–H and O–H groups in total. The van der Waals surface area contributed by atoms with Gasteiger partial charge in [-0.15, -0.1) is 10.2 Å². The fraction of sp³-hybridized carbons (Fsp3) is 0.391. The first-order valence-electron chi connectivity index (χ1n) is 10.7. The van der Waals surface area contributed by atoms with E-state index >= 15 is 0 Å². The van der Waals surface area contributed by atoms with Gasteiger partial charge in [-0.05, 0) is 57.0 Å². The molecule has 0 spiro atoms. The van der Waals surface area contributed by atoms with Gasteiger partial charge in [-0.1, -0.05) is 19.1 Å². The standard InChI is InChI=1S/C23H27N7/c1-4-21-24-19-7-5-6-8-20(19)29(21)18-11-13-28(14-12-18)22-9-10-23(26-25-22)30-17(3)15-16(2)27-30/h5-10,15,18H,4,11-14H2,1-3H3. The molecule has 0 unspecified atom stereocenters. The minimum Gasteiger partial charge on any atom is -0.355 e. The Morgan fingerprint density at radius 3 is 2.37 bits per heavy atom. The molecule has 0 radical (unpaired) electrons. The summed E-state index contributed by atoms with van der Waals surface area (Å²) in [5.41, 5.74) is 4.40. The molecule has 7 heteroatoms. The fourth-order valence-electron chi connectivity index (χ4n) is 4.57. The molecule has 0 amide bonds. The molecule has 4 aromatic rings. The van der Waals surface area contributed by atoms with Crippen LogP contribution in [0.2, 0.25) is 0 Å². The first-order valence-corrected chi connectivity index (χ1v) is 10.7. The summed E-state index contributed by atoms with van der Waals surface area (Å²) >= 11 is 0. The maximum Gasteiger partial charge on any atom is 0.176 e. The van der Waals surface area contributed by atoms with E-state index in [0.717, 1.165) is 60.9 Å². The zero-order valence-electron chi connectivity index (χ0n) is 17.8. The summed E-state index contributed by atoms with van der Waals surface area (Å²) in [6, 6.07) is 15.1. The molecular formula is C23H27N7. The van der Waals surface area contributed by atoms with Crippen molar-refractivity contribution in [2.75, 3.05) is 18.0 Å². The van der Waals surface area contributed by atoms with Crippen LogP contribution in [0.25, 0.3) is 16.9 Å². The van der Waals surface area contributed by atoms with Crippen LogP contribution in [-0.2, 0) is 6.42 Å². The Kier molecular flexibility index (Phi) is 4.73. The molecule has 0 saturated carbocycles. The number of hydrogen-bond acceptors (Lipinski definition) is 5. The summed E-state index contributed by atoms with van der Waals surface area (Å²) < 4.78 is 4.30. The number of anilines is 1. The number of nitrogens with zero attached hydrogens (tertiary/aromatic N) is 7. The van der Waals surface area contributed by atoms with Crippen molar-refractivity contribution in [2.45, 2.75) is 46.1 Å². The van der Waals surface area contributed by atoms with Crippen molar-refractivity contribution in [3.05, 3.63) is 59.7 Å². The van der Waals surface area contributed by atoms with Crippen molar-refractivity contribution < 1.29 is 0 Å². The smallest absolute Gasteiger partial charge is 0.176 e. The van der Waals surface area contributed by atoms with E-state index in [-0.39, 0.29) is 0 Å². The lowest BCUT2D eigenvalue weighted by Gasteiger charge is -2.34. The molecule has 7 nitrogen and oxygen atoms in total. The zero-order valence-corrected chi connectivity index (χ0v) is 17.8. The zero-order chi connectivity index (χ0) is 20.7. The van der Waals surface area contributed by atoms with Gasteiger partial charge in [0.1, 0.15) is 5.82 Å². The summed E-state index contributed by atoms with van der Waals surface area (Å²) in [5.74, 6) is 2.88. The lowest BCUT2D eigenvalue weighted by molar-refractivity contribution is 0.393. The van der Waals surface area contributed by atoms with Crippen LogP contribution < -0.4 is 4.90 Å². The van der Waals surface area contributed by atoms with E-state index in [1.54, 1.807) is 0 Å². The Labute approximate surface area is 176 Å². The van der Waals surface area contributed by atoms with Crippen LogP contribution in [0.5, 0.6) is 0 Å². The van der Waals surface area contributed by atoms with Gasteiger partial charge in [-0.25, -0.2) is 9.67 Å². The van der Waals surface area contributed by atoms with Crippen molar-refractivity contribution >= 4 is 16.9 Å². The molecule has 30 heavy (non-hydrogen) atoms. The van der Waals surface area contributed by atoms with E-state index in [0.29, 0.717) is 6.04 Å². The van der Waals surface area contributed by atoms with Crippen LogP contribution >= 0.6 is 0 Å². The van der Waals surface area contributed by atoms with E-state index in [1.165, 1.54) is 11.3 Å². The lowest BCUT2D eigenvalue weighted by atomic mass is 10.0. The van der Waals surface area contributed by atoms with Crippen LogP contribution in [0.15, 0.2) is 42.5 Å². The van der Waals surface area contributed by atoms with Crippen molar-refractivity contribution in [2.24, 2.45) is 0 Å². The molecule has 1 aromatic carbocycles. The van der Waals surface area contributed by atoms with Gasteiger partial charge in [0.2, 0.25) is 0 Å². The van der Waals surface area contributed by atoms with Crippen molar-refractivity contribution in [1.82, 2.24) is 29.5 Å². The van der Waals surface area contributed by atoms with Crippen molar-refractivity contribution in [3.8, 4) is 5.82 Å². The maximum atomic E-state index is 4.85. The third-order valence-corrected chi connectivity index (χ3v) is 6.00. The number of para-hydroxylation sites is 2. The van der Waals surface area contributed by atoms with Crippen LogP contribution in [-0.4, -0.2) is 42.6 Å². The number of rotatable bonds is 4. The minimum atomic E-state index is 0.477. The number of fused-ring (bicyclic) bond motifs is 1. The predicted molar refractivity (Wildman–Crippen MR) is 118 cm³/mol. The first-order chi connectivity index (χ1) is 14.6. The Morgan fingerprint density at radius 1 is 0.967 bits per heavy atom. The molecule has 1 saturated heterocycles. The summed E-state index contributed by atoms with van der Waals surface area (Å²) in [5, 5.41) is 13.4. The second-order valence-electron chi connectivity index (χ2n) is 8.05. The van der Waals surface area contributed by atoms with Gasteiger partial charge >= 0.3 is 0 Å². The average Bonchev–Trinajstić information content (AvgIpc) is 3.33. The van der Waals surface area contributed by atoms with E-state index in [1.807, 2.05) is 30.7 Å². The summed E-state index contributed by atoms with van der Waals surface area (Å²) in [6.07, 6.45) is 3.11. The van der Waals surface area contributed by atoms with Gasteiger partial charge in [0.05, 0.1) is 16.7 Å². The van der Waals surface area contributed by atoms with E-state index in [9.17, 15) is 0 Å². The van der Waals surface area contributed by atoms with Gasteiger partial charge in [-0.3, -0.25) is 0 Å². The highest BCUT2D eigenvalue weighted by atomic mass is 15.4. The molecule has 5 rings (SSSR count). The minimum absolute atomic E-state index is 0.477. The average molecular weight is 402 g/mol. The van der Waals surface area contributed by atoms with E-state index in [4.69, 9.17) is 4.98 Å². The molecule has 154 valence electrons. The van der Waals surface area contributed by atoms with E-state index < -0.39 is 0 Å². The van der Waals surface area contributed by atoms with Crippen molar-refractivity contribution in [1.29, 1.82) is 0 Å². The summed E-state index contributed by atoms with van der Waals surface area (Å²) in [7, 11) is 0. The highest BCUT2D eigenvalue weighted by Gasteiger charge is 2.25. The number of imidazole rings is 1. The fourth-order valence-corrected chi connectivity index (χ4v) is 4.57. The molecule has 1 fully saturated rings. The quantitative estimate of drug-likeness (QED) is 0.516. The molecule has 1 aliphatic rings. The van der Waals surface area contributed by atoms with Gasteiger partial charge in [0, 0.05) is 31.2 Å². The first kappa shape index (κ1) is 18.8. The summed E-state index contributed by atoms with van der Waals surface area (Å²) in [6.45, 7) is 8.14. The van der Waals surface area contributed by atoms with E-state index in [2.05, 4.69) is 62.0 Å². The third kappa shape index (κ3) is 3.24. The molecule has 0 atom stereocenters. The maximum absolute atomic E-state index is 4.85. The number of piperidine rings is 1.